The monoisotopic (exact) mass is 449 g/mol. The Labute approximate surface area is 194 Å². The lowest BCUT2D eigenvalue weighted by molar-refractivity contribution is 0.0240. The van der Waals surface area contributed by atoms with Crippen LogP contribution in [-0.2, 0) is 4.74 Å². The Morgan fingerprint density at radius 3 is 2.36 bits per heavy atom. The molecule has 174 valence electrons. The highest BCUT2D eigenvalue weighted by Crippen LogP contribution is 2.21. The van der Waals surface area contributed by atoms with Crippen LogP contribution in [0.5, 0.6) is 0 Å². The van der Waals surface area contributed by atoms with Crippen LogP contribution in [0.1, 0.15) is 49.8 Å². The molecular formula is C25H31N5O3. The Kier molecular flexibility index (Phi) is 6.26. The number of aromatic nitrogens is 2. The summed E-state index contributed by atoms with van der Waals surface area (Å²) in [6, 6.07) is 13.7. The van der Waals surface area contributed by atoms with E-state index < -0.39 is 5.60 Å². The van der Waals surface area contributed by atoms with Crippen LogP contribution in [0.15, 0.2) is 54.9 Å². The quantitative estimate of drug-likeness (QED) is 0.654. The van der Waals surface area contributed by atoms with Gasteiger partial charge in [0.15, 0.2) is 0 Å². The van der Waals surface area contributed by atoms with E-state index >= 15 is 0 Å². The van der Waals surface area contributed by atoms with Crippen molar-refractivity contribution in [3.8, 4) is 0 Å². The molecule has 1 aliphatic heterocycles. The van der Waals surface area contributed by atoms with Gasteiger partial charge in [-0.3, -0.25) is 4.79 Å². The molecule has 8 nitrogen and oxygen atoms in total. The minimum absolute atomic E-state index is 0.152. The van der Waals surface area contributed by atoms with Crippen molar-refractivity contribution >= 4 is 23.3 Å². The fraction of sp³-hybridized carbons (Fsp3) is 0.400. The van der Waals surface area contributed by atoms with E-state index in [9.17, 15) is 9.59 Å². The number of benzene rings is 1. The fourth-order valence-corrected chi connectivity index (χ4v) is 3.85. The van der Waals surface area contributed by atoms with Gasteiger partial charge in [-0.25, -0.2) is 9.78 Å². The summed E-state index contributed by atoms with van der Waals surface area (Å²) in [6.45, 7) is 10.3. The van der Waals surface area contributed by atoms with E-state index in [2.05, 4.69) is 27.3 Å². The average Bonchev–Trinajstić information content (AvgIpc) is 3.23. The van der Waals surface area contributed by atoms with Gasteiger partial charge in [0.25, 0.3) is 5.91 Å². The number of hydrogen-bond acceptors (Lipinski definition) is 5. The van der Waals surface area contributed by atoms with E-state index in [0.717, 1.165) is 30.0 Å². The Bertz CT molecular complexity index is 1090. The molecule has 8 heteroatoms. The summed E-state index contributed by atoms with van der Waals surface area (Å²) in [5, 5.41) is 3.02. The molecule has 0 saturated carbocycles. The van der Waals surface area contributed by atoms with Crippen molar-refractivity contribution in [3.05, 3.63) is 66.1 Å². The van der Waals surface area contributed by atoms with E-state index in [4.69, 9.17) is 4.74 Å². The zero-order valence-corrected chi connectivity index (χ0v) is 19.6. The van der Waals surface area contributed by atoms with Gasteiger partial charge in [0.05, 0.1) is 6.04 Å². The number of nitrogens with one attached hydrogen (secondary N) is 1. The predicted molar refractivity (Wildman–Crippen MR) is 128 cm³/mol. The lowest BCUT2D eigenvalue weighted by Crippen LogP contribution is -2.50. The van der Waals surface area contributed by atoms with Crippen LogP contribution in [0.2, 0.25) is 0 Å². The highest BCUT2D eigenvalue weighted by atomic mass is 16.6. The van der Waals surface area contributed by atoms with Gasteiger partial charge in [0.1, 0.15) is 16.9 Å². The molecule has 2 aromatic heterocycles. The summed E-state index contributed by atoms with van der Waals surface area (Å²) in [7, 11) is 0. The Morgan fingerprint density at radius 2 is 1.73 bits per heavy atom. The van der Waals surface area contributed by atoms with Gasteiger partial charge in [-0.1, -0.05) is 18.2 Å². The molecule has 1 aromatic carbocycles. The smallest absolute Gasteiger partial charge is 0.410 e. The number of piperazine rings is 1. The summed E-state index contributed by atoms with van der Waals surface area (Å²) < 4.78 is 7.30. The van der Waals surface area contributed by atoms with Gasteiger partial charge in [0, 0.05) is 44.3 Å². The molecule has 0 unspecified atom stereocenters. The van der Waals surface area contributed by atoms with Crippen molar-refractivity contribution < 1.29 is 14.3 Å². The molecule has 1 aliphatic rings. The Morgan fingerprint density at radius 1 is 1.03 bits per heavy atom. The van der Waals surface area contributed by atoms with Crippen molar-refractivity contribution in [2.45, 2.75) is 39.3 Å². The molecule has 3 heterocycles. The van der Waals surface area contributed by atoms with Crippen molar-refractivity contribution in [1.82, 2.24) is 19.6 Å². The second-order valence-electron chi connectivity index (χ2n) is 9.33. The number of rotatable bonds is 4. The number of ether oxygens (including phenoxy) is 1. The third-order valence-electron chi connectivity index (χ3n) is 5.63. The van der Waals surface area contributed by atoms with Crippen LogP contribution in [0.4, 0.5) is 10.5 Å². The number of anilines is 1. The van der Waals surface area contributed by atoms with E-state index in [1.807, 2.05) is 68.6 Å². The number of nitrogens with zero attached hydrogens (tertiary/aromatic N) is 4. The molecule has 0 bridgehead atoms. The number of carbonyl (C=O) groups excluding carboxylic acids is 2. The summed E-state index contributed by atoms with van der Waals surface area (Å²) in [5.74, 6) is -0.200. The molecule has 3 aromatic rings. The minimum Gasteiger partial charge on any atom is -0.444 e. The SMILES string of the molecule is C[C@@H](NC(=O)c1cn2ccccc2n1)c1ccc(N2CCN(C(=O)OC(C)(C)C)CC2)cc1. The third-order valence-corrected chi connectivity index (χ3v) is 5.63. The number of amides is 2. The molecule has 0 spiro atoms. The standard InChI is InChI=1S/C25H31N5O3/c1-18(26-23(31)21-17-30-12-6-5-7-22(30)27-21)19-8-10-20(11-9-19)28-13-15-29(16-14-28)24(32)33-25(2,3)4/h5-12,17-18H,13-16H2,1-4H3,(H,26,31)/t18-/m1/s1. The second kappa shape index (κ2) is 9.13. The van der Waals surface area contributed by atoms with Crippen LogP contribution in [0, 0.1) is 0 Å². The van der Waals surface area contributed by atoms with Crippen molar-refractivity contribution in [3.63, 3.8) is 0 Å². The lowest BCUT2D eigenvalue weighted by atomic mass is 10.1. The van der Waals surface area contributed by atoms with Crippen molar-refractivity contribution in [2.75, 3.05) is 31.1 Å². The number of carbonyl (C=O) groups is 2. The largest absolute Gasteiger partial charge is 0.444 e. The third kappa shape index (κ3) is 5.45. The molecule has 1 N–H and O–H groups in total. The first-order valence-electron chi connectivity index (χ1n) is 11.3. The highest BCUT2D eigenvalue weighted by Gasteiger charge is 2.26. The first-order valence-corrected chi connectivity index (χ1v) is 11.3. The molecular weight excluding hydrogens is 418 g/mol. The number of fused-ring (bicyclic) bond motifs is 1. The molecule has 2 amide bonds. The number of pyridine rings is 1. The normalized spacial score (nSPS) is 15.4. The summed E-state index contributed by atoms with van der Waals surface area (Å²) in [4.78, 5) is 33.3. The molecule has 0 radical (unpaired) electrons. The van der Waals surface area contributed by atoms with E-state index in [1.165, 1.54) is 0 Å². The van der Waals surface area contributed by atoms with Crippen LogP contribution in [0.25, 0.3) is 5.65 Å². The Balaban J connectivity index is 1.32. The molecule has 33 heavy (non-hydrogen) atoms. The average molecular weight is 450 g/mol. The second-order valence-corrected chi connectivity index (χ2v) is 9.33. The van der Waals surface area contributed by atoms with E-state index in [1.54, 1.807) is 11.1 Å². The number of hydrogen-bond donors (Lipinski definition) is 1. The summed E-state index contributed by atoms with van der Waals surface area (Å²) in [6.07, 6.45) is 3.35. The van der Waals surface area contributed by atoms with Gasteiger partial charge in [-0.2, -0.15) is 0 Å². The minimum atomic E-state index is -0.485. The van der Waals surface area contributed by atoms with Crippen molar-refractivity contribution in [1.29, 1.82) is 0 Å². The van der Waals surface area contributed by atoms with Gasteiger partial charge < -0.3 is 24.3 Å². The number of imidazole rings is 1. The molecule has 0 aliphatic carbocycles. The first kappa shape index (κ1) is 22.6. The molecule has 1 atom stereocenters. The van der Waals surface area contributed by atoms with Gasteiger partial charge in [-0.05, 0) is 57.5 Å². The fourth-order valence-electron chi connectivity index (χ4n) is 3.85. The van der Waals surface area contributed by atoms with Crippen LogP contribution < -0.4 is 10.2 Å². The predicted octanol–water partition coefficient (Wildman–Crippen LogP) is 3.88. The zero-order chi connectivity index (χ0) is 23.6. The maximum absolute atomic E-state index is 12.6. The van der Waals surface area contributed by atoms with E-state index in [0.29, 0.717) is 18.8 Å². The topological polar surface area (TPSA) is 79.2 Å². The van der Waals surface area contributed by atoms with Crippen LogP contribution >= 0.6 is 0 Å². The van der Waals surface area contributed by atoms with Gasteiger partial charge in [0.2, 0.25) is 0 Å². The van der Waals surface area contributed by atoms with Gasteiger partial charge in [-0.15, -0.1) is 0 Å². The zero-order valence-electron chi connectivity index (χ0n) is 19.6. The Hall–Kier alpha value is -3.55. The van der Waals surface area contributed by atoms with Crippen LogP contribution in [0.3, 0.4) is 0 Å². The maximum Gasteiger partial charge on any atom is 0.410 e. The molecule has 4 rings (SSSR count). The maximum atomic E-state index is 12.6. The highest BCUT2D eigenvalue weighted by molar-refractivity contribution is 5.93. The van der Waals surface area contributed by atoms with Crippen LogP contribution in [-0.4, -0.2) is 58.1 Å². The summed E-state index contributed by atoms with van der Waals surface area (Å²) >= 11 is 0. The first-order chi connectivity index (χ1) is 15.7. The summed E-state index contributed by atoms with van der Waals surface area (Å²) in [5.41, 5.74) is 2.77. The molecule has 1 saturated heterocycles. The molecule has 1 fully saturated rings. The van der Waals surface area contributed by atoms with Gasteiger partial charge >= 0.3 is 6.09 Å². The van der Waals surface area contributed by atoms with E-state index in [-0.39, 0.29) is 18.0 Å². The lowest BCUT2D eigenvalue weighted by Gasteiger charge is -2.36. The van der Waals surface area contributed by atoms with Crippen molar-refractivity contribution in [2.24, 2.45) is 0 Å².